The van der Waals surface area contributed by atoms with Crippen LogP contribution in [0.2, 0.25) is 0 Å². The van der Waals surface area contributed by atoms with Gasteiger partial charge in [-0.25, -0.2) is 0 Å². The third kappa shape index (κ3) is 5.83. The van der Waals surface area contributed by atoms with Crippen molar-refractivity contribution in [1.29, 1.82) is 0 Å². The molecule has 0 saturated carbocycles. The predicted molar refractivity (Wildman–Crippen MR) is 62.2 cm³/mol. The second-order valence-corrected chi connectivity index (χ2v) is 5.18. The summed E-state index contributed by atoms with van der Waals surface area (Å²) in [5.74, 6) is 0.167. The van der Waals surface area contributed by atoms with Crippen molar-refractivity contribution in [1.82, 2.24) is 5.32 Å². The lowest BCUT2D eigenvalue weighted by Gasteiger charge is -2.19. The van der Waals surface area contributed by atoms with Gasteiger partial charge in [0.2, 0.25) is 0 Å². The van der Waals surface area contributed by atoms with Crippen molar-refractivity contribution in [2.45, 2.75) is 12.2 Å². The van der Waals surface area contributed by atoms with Gasteiger partial charge in [0, 0.05) is 28.9 Å². The molecule has 0 unspecified atom stereocenters. The Morgan fingerprint density at radius 1 is 1.29 bits per heavy atom. The highest BCUT2D eigenvalue weighted by Crippen LogP contribution is 2.18. The third-order valence-corrected chi connectivity index (χ3v) is 2.95. The van der Waals surface area contributed by atoms with E-state index in [1.807, 2.05) is 0 Å². The van der Waals surface area contributed by atoms with Crippen LogP contribution < -0.4 is 5.32 Å². The highest BCUT2D eigenvalue weighted by Gasteiger charge is 2.28. The topological polar surface area (TPSA) is 29.1 Å². The molecular weight excluding hydrogens is 251 g/mol. The fraction of sp³-hybridized carbons (Fsp3) is 0.455. The fourth-order valence-electron chi connectivity index (χ4n) is 1.43. The Hall–Kier alpha value is -0.880. The van der Waals surface area contributed by atoms with Crippen LogP contribution in [0.1, 0.15) is 11.6 Å². The Balaban J connectivity index is 2.71. The molecule has 1 N–H and O–H groups in total. The van der Waals surface area contributed by atoms with Crippen LogP contribution >= 0.6 is 0 Å². The standard InChI is InChI=1S/C11H14F3NOS/c1-17(16)7-10(15-8-11(12,13)14)9-5-3-2-4-6-9/h2-6,10,15H,7-8H2,1H3/t10-,17-/m0/s1. The second kappa shape index (κ2) is 6.16. The maximum absolute atomic E-state index is 12.1. The SMILES string of the molecule is C[S@](=O)C[C@H](NCC(F)(F)F)c1ccccc1. The van der Waals surface area contributed by atoms with E-state index in [1.165, 1.54) is 6.26 Å². The number of halogens is 3. The Labute approximate surface area is 101 Å². The molecule has 0 aliphatic heterocycles. The summed E-state index contributed by atoms with van der Waals surface area (Å²) in [5.41, 5.74) is 0.715. The summed E-state index contributed by atoms with van der Waals surface area (Å²) in [4.78, 5) is 0. The van der Waals surface area contributed by atoms with Gasteiger partial charge in [0.15, 0.2) is 0 Å². The molecular formula is C11H14F3NOS. The first kappa shape index (κ1) is 14.2. The van der Waals surface area contributed by atoms with E-state index in [2.05, 4.69) is 5.32 Å². The van der Waals surface area contributed by atoms with Crippen molar-refractivity contribution in [3.63, 3.8) is 0 Å². The highest BCUT2D eigenvalue weighted by atomic mass is 32.2. The van der Waals surface area contributed by atoms with Gasteiger partial charge in [-0.05, 0) is 5.56 Å². The van der Waals surface area contributed by atoms with Crippen LogP contribution in [0.25, 0.3) is 0 Å². The molecule has 2 nitrogen and oxygen atoms in total. The summed E-state index contributed by atoms with van der Waals surface area (Å²) >= 11 is 0. The molecule has 0 bridgehead atoms. The summed E-state index contributed by atoms with van der Waals surface area (Å²) in [6.45, 7) is -1.08. The number of nitrogens with one attached hydrogen (secondary N) is 1. The predicted octanol–water partition coefficient (Wildman–Crippen LogP) is 2.26. The Kier molecular flexibility index (Phi) is 5.14. The number of rotatable bonds is 5. The molecule has 0 spiro atoms. The van der Waals surface area contributed by atoms with Gasteiger partial charge >= 0.3 is 6.18 Å². The molecule has 2 atom stereocenters. The van der Waals surface area contributed by atoms with Gasteiger partial charge in [0.05, 0.1) is 6.54 Å². The summed E-state index contributed by atoms with van der Waals surface area (Å²) in [5, 5.41) is 2.39. The minimum atomic E-state index is -4.26. The average molecular weight is 265 g/mol. The molecule has 96 valence electrons. The molecule has 1 aromatic carbocycles. The number of hydrogen-bond acceptors (Lipinski definition) is 2. The number of benzene rings is 1. The minimum absolute atomic E-state index is 0.167. The van der Waals surface area contributed by atoms with E-state index in [1.54, 1.807) is 30.3 Å². The summed E-state index contributed by atoms with van der Waals surface area (Å²) < 4.78 is 47.5. The van der Waals surface area contributed by atoms with Crippen LogP contribution in [-0.2, 0) is 10.8 Å². The maximum Gasteiger partial charge on any atom is 0.401 e. The lowest BCUT2D eigenvalue weighted by Crippen LogP contribution is -2.34. The molecule has 6 heteroatoms. The van der Waals surface area contributed by atoms with Gasteiger partial charge in [0.25, 0.3) is 0 Å². The summed E-state index contributed by atoms with van der Waals surface area (Å²) in [6.07, 6.45) is -2.78. The zero-order valence-electron chi connectivity index (χ0n) is 9.33. The molecule has 0 radical (unpaired) electrons. The number of alkyl halides is 3. The molecule has 0 heterocycles. The highest BCUT2D eigenvalue weighted by molar-refractivity contribution is 7.84. The molecule has 1 aromatic rings. The quantitative estimate of drug-likeness (QED) is 0.884. The monoisotopic (exact) mass is 265 g/mol. The van der Waals surface area contributed by atoms with E-state index in [0.717, 1.165) is 0 Å². The zero-order chi connectivity index (χ0) is 12.9. The van der Waals surface area contributed by atoms with Crippen molar-refractivity contribution in [2.24, 2.45) is 0 Å². The fourth-order valence-corrected chi connectivity index (χ4v) is 2.21. The van der Waals surface area contributed by atoms with E-state index in [0.29, 0.717) is 5.56 Å². The first-order valence-corrected chi connectivity index (χ1v) is 6.76. The average Bonchev–Trinajstić information content (AvgIpc) is 2.24. The van der Waals surface area contributed by atoms with E-state index in [9.17, 15) is 17.4 Å². The van der Waals surface area contributed by atoms with Crippen LogP contribution in [0.5, 0.6) is 0 Å². The summed E-state index contributed by atoms with van der Waals surface area (Å²) in [7, 11) is -1.15. The lowest BCUT2D eigenvalue weighted by molar-refractivity contribution is -0.126. The minimum Gasteiger partial charge on any atom is -0.301 e. The largest absolute Gasteiger partial charge is 0.401 e. The first-order chi connectivity index (χ1) is 7.88. The lowest BCUT2D eigenvalue weighted by atomic mass is 10.1. The summed E-state index contributed by atoms with van der Waals surface area (Å²) in [6, 6.07) is 8.19. The molecule has 0 aromatic heterocycles. The van der Waals surface area contributed by atoms with Gasteiger partial charge < -0.3 is 5.32 Å². The van der Waals surface area contributed by atoms with Crippen molar-refractivity contribution >= 4 is 10.8 Å². The molecule has 0 saturated heterocycles. The van der Waals surface area contributed by atoms with Gasteiger partial charge in [0.1, 0.15) is 0 Å². The molecule has 0 amide bonds. The Bertz CT molecular complexity index is 367. The smallest absolute Gasteiger partial charge is 0.301 e. The van der Waals surface area contributed by atoms with Crippen molar-refractivity contribution < 1.29 is 17.4 Å². The molecule has 0 aliphatic carbocycles. The first-order valence-electron chi connectivity index (χ1n) is 5.03. The normalized spacial score (nSPS) is 15.5. The van der Waals surface area contributed by atoms with Gasteiger partial charge in [-0.2, -0.15) is 13.2 Å². The number of hydrogen-bond donors (Lipinski definition) is 1. The van der Waals surface area contributed by atoms with Crippen LogP contribution in [-0.4, -0.2) is 28.9 Å². The van der Waals surface area contributed by atoms with E-state index in [-0.39, 0.29) is 5.75 Å². The van der Waals surface area contributed by atoms with Gasteiger partial charge in [-0.1, -0.05) is 30.3 Å². The molecule has 1 rings (SSSR count). The van der Waals surface area contributed by atoms with Crippen LogP contribution in [0.3, 0.4) is 0 Å². The Morgan fingerprint density at radius 2 is 1.88 bits per heavy atom. The van der Waals surface area contributed by atoms with Crippen molar-refractivity contribution in [3.8, 4) is 0 Å². The Morgan fingerprint density at radius 3 is 2.35 bits per heavy atom. The van der Waals surface area contributed by atoms with Crippen molar-refractivity contribution in [3.05, 3.63) is 35.9 Å². The molecule has 17 heavy (non-hydrogen) atoms. The van der Waals surface area contributed by atoms with Gasteiger partial charge in [-0.3, -0.25) is 4.21 Å². The maximum atomic E-state index is 12.1. The van der Waals surface area contributed by atoms with E-state index < -0.39 is 29.6 Å². The van der Waals surface area contributed by atoms with Crippen LogP contribution in [0.4, 0.5) is 13.2 Å². The van der Waals surface area contributed by atoms with Crippen LogP contribution in [0, 0.1) is 0 Å². The van der Waals surface area contributed by atoms with Gasteiger partial charge in [-0.15, -0.1) is 0 Å². The van der Waals surface area contributed by atoms with E-state index in [4.69, 9.17) is 0 Å². The second-order valence-electron chi connectivity index (χ2n) is 3.70. The zero-order valence-corrected chi connectivity index (χ0v) is 10.1. The van der Waals surface area contributed by atoms with Crippen molar-refractivity contribution in [2.75, 3.05) is 18.6 Å². The molecule has 0 aliphatic rings. The van der Waals surface area contributed by atoms with Crippen LogP contribution in [0.15, 0.2) is 30.3 Å². The third-order valence-electron chi connectivity index (χ3n) is 2.15. The molecule has 0 fully saturated rings. The van der Waals surface area contributed by atoms with E-state index >= 15 is 0 Å².